The quantitative estimate of drug-likeness (QED) is 0.849. The average Bonchev–Trinajstić information content (AvgIpc) is 2.54. The lowest BCUT2D eigenvalue weighted by Crippen LogP contribution is -2.20. The molecule has 1 amide bonds. The van der Waals surface area contributed by atoms with Crippen molar-refractivity contribution in [3.63, 3.8) is 0 Å². The number of methoxy groups -OCH3 is 2. The van der Waals surface area contributed by atoms with Crippen LogP contribution in [0.2, 0.25) is 10.0 Å². The van der Waals surface area contributed by atoms with Gasteiger partial charge in [0.1, 0.15) is 11.5 Å². The third-order valence-electron chi connectivity index (χ3n) is 2.95. The zero-order valence-electron chi connectivity index (χ0n) is 12.6. The maximum absolute atomic E-state index is 12.0. The SMILES string of the molecule is COc1ccc(NC(=O)COc2c(Cl)cccc2Cl)c(OC)c1. The summed E-state index contributed by atoms with van der Waals surface area (Å²) in [5.74, 6) is 1.00. The summed E-state index contributed by atoms with van der Waals surface area (Å²) in [6.45, 7) is -0.237. The van der Waals surface area contributed by atoms with Crippen LogP contribution in [0.4, 0.5) is 5.69 Å². The van der Waals surface area contributed by atoms with Crippen molar-refractivity contribution in [2.24, 2.45) is 0 Å². The molecule has 2 aromatic rings. The van der Waals surface area contributed by atoms with E-state index in [1.54, 1.807) is 43.5 Å². The lowest BCUT2D eigenvalue weighted by atomic mass is 10.2. The van der Waals surface area contributed by atoms with Gasteiger partial charge in [-0.3, -0.25) is 4.79 Å². The molecule has 5 nitrogen and oxygen atoms in total. The number of anilines is 1. The monoisotopic (exact) mass is 355 g/mol. The third-order valence-corrected chi connectivity index (χ3v) is 3.54. The first-order chi connectivity index (χ1) is 11.0. The van der Waals surface area contributed by atoms with E-state index in [2.05, 4.69) is 5.32 Å². The second-order valence-corrected chi connectivity index (χ2v) is 5.27. The number of rotatable bonds is 6. The van der Waals surface area contributed by atoms with Gasteiger partial charge in [0, 0.05) is 6.07 Å². The average molecular weight is 356 g/mol. The molecule has 0 fully saturated rings. The Bertz CT molecular complexity index is 686. The highest BCUT2D eigenvalue weighted by Crippen LogP contribution is 2.32. The van der Waals surface area contributed by atoms with Crippen LogP contribution in [0.3, 0.4) is 0 Å². The van der Waals surface area contributed by atoms with E-state index in [9.17, 15) is 4.79 Å². The van der Waals surface area contributed by atoms with Gasteiger partial charge in [0.25, 0.3) is 5.91 Å². The zero-order valence-corrected chi connectivity index (χ0v) is 14.1. The fourth-order valence-electron chi connectivity index (χ4n) is 1.85. The summed E-state index contributed by atoms with van der Waals surface area (Å²) in [5.41, 5.74) is 0.507. The van der Waals surface area contributed by atoms with Crippen LogP contribution in [-0.4, -0.2) is 26.7 Å². The molecule has 0 spiro atoms. The smallest absolute Gasteiger partial charge is 0.262 e. The van der Waals surface area contributed by atoms with Gasteiger partial charge < -0.3 is 19.5 Å². The van der Waals surface area contributed by atoms with E-state index in [-0.39, 0.29) is 18.3 Å². The Labute approximate surface area is 144 Å². The van der Waals surface area contributed by atoms with Gasteiger partial charge in [-0.2, -0.15) is 0 Å². The van der Waals surface area contributed by atoms with E-state index in [0.29, 0.717) is 27.2 Å². The van der Waals surface area contributed by atoms with Gasteiger partial charge in [-0.1, -0.05) is 29.3 Å². The number of hydrogen-bond donors (Lipinski definition) is 1. The van der Waals surface area contributed by atoms with Gasteiger partial charge in [-0.05, 0) is 24.3 Å². The Morgan fingerprint density at radius 3 is 2.39 bits per heavy atom. The van der Waals surface area contributed by atoms with E-state index < -0.39 is 0 Å². The van der Waals surface area contributed by atoms with E-state index in [4.69, 9.17) is 37.4 Å². The van der Waals surface area contributed by atoms with Crippen molar-refractivity contribution in [1.82, 2.24) is 0 Å². The molecule has 7 heteroatoms. The van der Waals surface area contributed by atoms with Crippen LogP contribution < -0.4 is 19.5 Å². The standard InChI is InChI=1S/C16H15Cl2NO4/c1-21-10-6-7-13(14(8-10)22-2)19-15(20)9-23-16-11(17)4-3-5-12(16)18/h3-8H,9H2,1-2H3,(H,19,20). The summed E-state index contributed by atoms with van der Waals surface area (Å²) in [6.07, 6.45) is 0. The predicted molar refractivity (Wildman–Crippen MR) is 90.1 cm³/mol. The number of nitrogens with one attached hydrogen (secondary N) is 1. The maximum atomic E-state index is 12.0. The van der Waals surface area contributed by atoms with Gasteiger partial charge >= 0.3 is 0 Å². The van der Waals surface area contributed by atoms with Crippen LogP contribution in [0.5, 0.6) is 17.2 Å². The zero-order chi connectivity index (χ0) is 16.8. The van der Waals surface area contributed by atoms with E-state index in [1.807, 2.05) is 0 Å². The molecule has 0 aliphatic carbocycles. The van der Waals surface area contributed by atoms with Crippen LogP contribution in [-0.2, 0) is 4.79 Å². The highest BCUT2D eigenvalue weighted by atomic mass is 35.5. The van der Waals surface area contributed by atoms with E-state index >= 15 is 0 Å². The number of halogens is 2. The van der Waals surface area contributed by atoms with E-state index in [0.717, 1.165) is 0 Å². The number of para-hydroxylation sites is 1. The molecule has 2 rings (SSSR count). The second kappa shape index (κ2) is 7.94. The molecule has 2 aromatic carbocycles. The topological polar surface area (TPSA) is 56.8 Å². The molecule has 0 unspecified atom stereocenters. The summed E-state index contributed by atoms with van der Waals surface area (Å²) >= 11 is 12.0. The lowest BCUT2D eigenvalue weighted by molar-refractivity contribution is -0.118. The van der Waals surface area contributed by atoms with Crippen LogP contribution >= 0.6 is 23.2 Å². The first-order valence-corrected chi connectivity index (χ1v) is 7.39. The van der Waals surface area contributed by atoms with Gasteiger partial charge in [0.2, 0.25) is 0 Å². The molecule has 0 saturated heterocycles. The number of carbonyl (C=O) groups excluding carboxylic acids is 1. The van der Waals surface area contributed by atoms with Crippen molar-refractivity contribution in [3.05, 3.63) is 46.4 Å². The third kappa shape index (κ3) is 4.43. The summed E-state index contributed by atoms with van der Waals surface area (Å²) in [5, 5.41) is 3.37. The molecule has 0 radical (unpaired) electrons. The van der Waals surface area contributed by atoms with Crippen molar-refractivity contribution in [2.75, 3.05) is 26.1 Å². The summed E-state index contributed by atoms with van der Waals surface area (Å²) < 4.78 is 15.7. The first-order valence-electron chi connectivity index (χ1n) is 6.64. The van der Waals surface area contributed by atoms with Crippen molar-refractivity contribution >= 4 is 34.8 Å². The molecule has 0 heterocycles. The maximum Gasteiger partial charge on any atom is 0.262 e. The molecular formula is C16H15Cl2NO4. The van der Waals surface area contributed by atoms with Crippen molar-refractivity contribution in [2.45, 2.75) is 0 Å². The number of carbonyl (C=O) groups is 1. The minimum Gasteiger partial charge on any atom is -0.497 e. The van der Waals surface area contributed by atoms with Gasteiger partial charge in [0.15, 0.2) is 12.4 Å². The van der Waals surface area contributed by atoms with Crippen LogP contribution in [0.15, 0.2) is 36.4 Å². The highest BCUT2D eigenvalue weighted by molar-refractivity contribution is 6.37. The number of hydrogen-bond acceptors (Lipinski definition) is 4. The Balaban J connectivity index is 2.03. The molecule has 0 atom stereocenters. The summed E-state index contributed by atoms with van der Waals surface area (Å²) in [4.78, 5) is 12.0. The summed E-state index contributed by atoms with van der Waals surface area (Å²) in [7, 11) is 3.05. The molecule has 0 saturated carbocycles. The normalized spacial score (nSPS) is 10.1. The van der Waals surface area contributed by atoms with Crippen molar-refractivity contribution < 1.29 is 19.0 Å². The minimum atomic E-state index is -0.371. The molecule has 0 bridgehead atoms. The molecule has 1 N–H and O–H groups in total. The van der Waals surface area contributed by atoms with Gasteiger partial charge in [0.05, 0.1) is 30.0 Å². The summed E-state index contributed by atoms with van der Waals surface area (Å²) in [6, 6.07) is 10.0. The lowest BCUT2D eigenvalue weighted by Gasteiger charge is -2.13. The minimum absolute atomic E-state index is 0.237. The largest absolute Gasteiger partial charge is 0.497 e. The Hall–Kier alpha value is -2.11. The van der Waals surface area contributed by atoms with Crippen LogP contribution in [0, 0.1) is 0 Å². The molecule has 0 aromatic heterocycles. The number of ether oxygens (including phenoxy) is 3. The number of amides is 1. The first kappa shape index (κ1) is 17.2. The Morgan fingerprint density at radius 2 is 1.78 bits per heavy atom. The van der Waals surface area contributed by atoms with Crippen LogP contribution in [0.1, 0.15) is 0 Å². The second-order valence-electron chi connectivity index (χ2n) is 4.45. The molecule has 122 valence electrons. The molecule has 23 heavy (non-hydrogen) atoms. The van der Waals surface area contributed by atoms with E-state index in [1.165, 1.54) is 7.11 Å². The van der Waals surface area contributed by atoms with Gasteiger partial charge in [-0.25, -0.2) is 0 Å². The fourth-order valence-corrected chi connectivity index (χ4v) is 2.35. The predicted octanol–water partition coefficient (Wildman–Crippen LogP) is 4.03. The molecule has 0 aliphatic rings. The van der Waals surface area contributed by atoms with Crippen molar-refractivity contribution in [1.29, 1.82) is 0 Å². The van der Waals surface area contributed by atoms with Crippen molar-refractivity contribution in [3.8, 4) is 17.2 Å². The molecule has 0 aliphatic heterocycles. The Kier molecular flexibility index (Phi) is 5.96. The molecular weight excluding hydrogens is 341 g/mol. The Morgan fingerprint density at radius 1 is 1.09 bits per heavy atom. The van der Waals surface area contributed by atoms with Crippen LogP contribution in [0.25, 0.3) is 0 Å². The van der Waals surface area contributed by atoms with Gasteiger partial charge in [-0.15, -0.1) is 0 Å². The number of benzene rings is 2. The fraction of sp³-hybridized carbons (Fsp3) is 0.188. The highest BCUT2D eigenvalue weighted by Gasteiger charge is 2.12.